The van der Waals surface area contributed by atoms with Gasteiger partial charge in [-0.2, -0.15) is 0 Å². The topological polar surface area (TPSA) is 61.8 Å². The fourth-order valence-electron chi connectivity index (χ4n) is 2.56. The van der Waals surface area contributed by atoms with Gasteiger partial charge in [-0.3, -0.25) is 4.98 Å². The zero-order valence-electron chi connectivity index (χ0n) is 11.5. The van der Waals surface area contributed by atoms with E-state index < -0.39 is 6.10 Å². The Kier molecular flexibility index (Phi) is 3.06. The van der Waals surface area contributed by atoms with Gasteiger partial charge in [0.1, 0.15) is 11.9 Å². The number of nitrogens with zero attached hydrogens (tertiary/aromatic N) is 2. The van der Waals surface area contributed by atoms with Gasteiger partial charge in [0, 0.05) is 10.4 Å². The van der Waals surface area contributed by atoms with E-state index in [1.807, 2.05) is 24.3 Å². The molecule has 0 saturated heterocycles. The van der Waals surface area contributed by atoms with Gasteiger partial charge in [-0.25, -0.2) is 4.98 Å². The number of hydrogen-bond acceptors (Lipinski definition) is 3. The van der Waals surface area contributed by atoms with Crippen LogP contribution in [0.5, 0.6) is 0 Å². The summed E-state index contributed by atoms with van der Waals surface area (Å²) in [5.74, 6) is 0.496. The number of aromatic nitrogens is 3. The molecule has 2 N–H and O–H groups in total. The van der Waals surface area contributed by atoms with Gasteiger partial charge in [0.05, 0.1) is 22.7 Å². The predicted octanol–water partition coefficient (Wildman–Crippen LogP) is 3.85. The lowest BCUT2D eigenvalue weighted by molar-refractivity contribution is 0.211. The molecule has 2 aromatic heterocycles. The van der Waals surface area contributed by atoms with Crippen LogP contribution in [0.15, 0.2) is 54.7 Å². The minimum atomic E-state index is -0.830. The monoisotopic (exact) mass is 309 g/mol. The van der Waals surface area contributed by atoms with E-state index in [1.54, 1.807) is 30.5 Å². The van der Waals surface area contributed by atoms with Crippen LogP contribution in [0, 0.1) is 0 Å². The lowest BCUT2D eigenvalue weighted by Crippen LogP contribution is -2.01. The van der Waals surface area contributed by atoms with E-state index >= 15 is 0 Å². The second-order valence-corrected chi connectivity index (χ2v) is 5.55. The molecule has 2 aromatic carbocycles. The fourth-order valence-corrected chi connectivity index (χ4v) is 2.68. The highest BCUT2D eigenvalue weighted by Crippen LogP contribution is 2.26. The third kappa shape index (κ3) is 2.13. The van der Waals surface area contributed by atoms with Gasteiger partial charge < -0.3 is 10.1 Å². The number of nitrogens with one attached hydrogen (secondary N) is 1. The van der Waals surface area contributed by atoms with Crippen LogP contribution >= 0.6 is 11.6 Å². The van der Waals surface area contributed by atoms with Crippen molar-refractivity contribution in [2.24, 2.45) is 0 Å². The van der Waals surface area contributed by atoms with Crippen LogP contribution in [0.3, 0.4) is 0 Å². The molecule has 1 atom stereocenters. The number of pyridine rings is 1. The first-order valence-corrected chi connectivity index (χ1v) is 7.27. The molecule has 0 spiro atoms. The Hall–Kier alpha value is -2.43. The average molecular weight is 310 g/mol. The molecule has 0 amide bonds. The summed E-state index contributed by atoms with van der Waals surface area (Å²) in [6, 6.07) is 14.9. The third-order valence-electron chi connectivity index (χ3n) is 3.69. The molecule has 0 radical (unpaired) electrons. The van der Waals surface area contributed by atoms with Crippen molar-refractivity contribution < 1.29 is 5.11 Å². The van der Waals surface area contributed by atoms with E-state index in [1.165, 1.54) is 0 Å². The molecule has 0 saturated carbocycles. The molecular weight excluding hydrogens is 298 g/mol. The minimum Gasteiger partial charge on any atom is -0.380 e. The van der Waals surface area contributed by atoms with Gasteiger partial charge in [-0.1, -0.05) is 41.9 Å². The number of aromatic amines is 1. The standard InChI is InChI=1S/C17H12ClN3O/c18-11-7-5-10(6-8-11)16(22)17-20-14-9-19-13-4-2-1-3-12(13)15(14)21-17/h1-9,16,22H,(H,20,21). The van der Waals surface area contributed by atoms with Crippen molar-refractivity contribution in [2.45, 2.75) is 6.10 Å². The van der Waals surface area contributed by atoms with Gasteiger partial charge in [0.25, 0.3) is 0 Å². The molecule has 22 heavy (non-hydrogen) atoms. The van der Waals surface area contributed by atoms with E-state index in [-0.39, 0.29) is 0 Å². The quantitative estimate of drug-likeness (QED) is 0.591. The van der Waals surface area contributed by atoms with E-state index in [0.29, 0.717) is 10.8 Å². The predicted molar refractivity (Wildman–Crippen MR) is 86.9 cm³/mol. The lowest BCUT2D eigenvalue weighted by Gasteiger charge is -2.07. The van der Waals surface area contributed by atoms with Crippen LogP contribution < -0.4 is 0 Å². The van der Waals surface area contributed by atoms with Gasteiger partial charge in [0.2, 0.25) is 0 Å². The number of hydrogen-bond donors (Lipinski definition) is 2. The summed E-state index contributed by atoms with van der Waals surface area (Å²) in [6.07, 6.45) is 0.909. The minimum absolute atomic E-state index is 0.496. The number of rotatable bonds is 2. The van der Waals surface area contributed by atoms with E-state index in [2.05, 4.69) is 15.0 Å². The van der Waals surface area contributed by atoms with E-state index in [0.717, 1.165) is 27.5 Å². The van der Waals surface area contributed by atoms with Gasteiger partial charge in [-0.05, 0) is 23.8 Å². The van der Waals surface area contributed by atoms with Crippen molar-refractivity contribution in [1.82, 2.24) is 15.0 Å². The molecule has 4 nitrogen and oxygen atoms in total. The van der Waals surface area contributed by atoms with Crippen LogP contribution in [-0.4, -0.2) is 20.1 Å². The molecule has 4 aromatic rings. The number of para-hydroxylation sites is 1. The van der Waals surface area contributed by atoms with Gasteiger partial charge in [-0.15, -0.1) is 0 Å². The zero-order valence-corrected chi connectivity index (χ0v) is 12.2. The smallest absolute Gasteiger partial charge is 0.140 e. The average Bonchev–Trinajstić information content (AvgIpc) is 2.99. The number of halogens is 1. The SMILES string of the molecule is OC(c1ccc(Cl)cc1)c1nc2c(cnc3ccccc32)[nH]1. The summed E-state index contributed by atoms with van der Waals surface area (Å²) in [5, 5.41) is 12.1. The summed E-state index contributed by atoms with van der Waals surface area (Å²) in [5.41, 5.74) is 3.24. The second kappa shape index (κ2) is 5.09. The van der Waals surface area contributed by atoms with Gasteiger partial charge in [0.15, 0.2) is 0 Å². The van der Waals surface area contributed by atoms with Crippen molar-refractivity contribution in [3.05, 3.63) is 71.1 Å². The Bertz CT molecular complexity index is 963. The Morgan fingerprint density at radius 2 is 1.82 bits per heavy atom. The maximum atomic E-state index is 10.5. The number of benzene rings is 2. The molecule has 0 aliphatic heterocycles. The van der Waals surface area contributed by atoms with E-state index in [4.69, 9.17) is 11.6 Å². The number of fused-ring (bicyclic) bond motifs is 3. The van der Waals surface area contributed by atoms with Crippen LogP contribution in [-0.2, 0) is 0 Å². The first-order valence-electron chi connectivity index (χ1n) is 6.89. The van der Waals surface area contributed by atoms with E-state index in [9.17, 15) is 5.11 Å². The van der Waals surface area contributed by atoms with Crippen LogP contribution in [0.4, 0.5) is 0 Å². The zero-order chi connectivity index (χ0) is 15.1. The van der Waals surface area contributed by atoms with Crippen molar-refractivity contribution in [3.8, 4) is 0 Å². The third-order valence-corrected chi connectivity index (χ3v) is 3.94. The maximum absolute atomic E-state index is 10.5. The highest BCUT2D eigenvalue weighted by Gasteiger charge is 2.16. The Morgan fingerprint density at radius 3 is 2.64 bits per heavy atom. The van der Waals surface area contributed by atoms with Crippen molar-refractivity contribution >= 4 is 33.5 Å². The molecule has 0 fully saturated rings. The molecule has 2 heterocycles. The largest absolute Gasteiger partial charge is 0.380 e. The lowest BCUT2D eigenvalue weighted by atomic mass is 10.1. The molecular formula is C17H12ClN3O. The maximum Gasteiger partial charge on any atom is 0.140 e. The number of aliphatic hydroxyl groups is 1. The van der Waals surface area contributed by atoms with Gasteiger partial charge >= 0.3 is 0 Å². The summed E-state index contributed by atoms with van der Waals surface area (Å²) in [4.78, 5) is 12.1. The highest BCUT2D eigenvalue weighted by atomic mass is 35.5. The Balaban J connectivity index is 1.85. The van der Waals surface area contributed by atoms with Crippen molar-refractivity contribution in [2.75, 3.05) is 0 Å². The molecule has 0 aliphatic rings. The van der Waals surface area contributed by atoms with Crippen LogP contribution in [0.25, 0.3) is 21.9 Å². The summed E-state index contributed by atoms with van der Waals surface area (Å²) < 4.78 is 0. The summed E-state index contributed by atoms with van der Waals surface area (Å²) >= 11 is 5.88. The molecule has 0 bridgehead atoms. The molecule has 4 rings (SSSR count). The second-order valence-electron chi connectivity index (χ2n) is 5.11. The molecule has 108 valence electrons. The molecule has 0 aliphatic carbocycles. The van der Waals surface area contributed by atoms with Crippen molar-refractivity contribution in [1.29, 1.82) is 0 Å². The van der Waals surface area contributed by atoms with Crippen LogP contribution in [0.2, 0.25) is 5.02 Å². The first kappa shape index (κ1) is 13.2. The highest BCUT2D eigenvalue weighted by molar-refractivity contribution is 6.30. The molecule has 5 heteroatoms. The Morgan fingerprint density at radius 1 is 1.05 bits per heavy atom. The summed E-state index contributed by atoms with van der Waals surface area (Å²) in [7, 11) is 0. The Labute approximate surface area is 131 Å². The number of imidazole rings is 1. The van der Waals surface area contributed by atoms with Crippen molar-refractivity contribution in [3.63, 3.8) is 0 Å². The number of aliphatic hydroxyl groups excluding tert-OH is 1. The summed E-state index contributed by atoms with van der Waals surface area (Å²) in [6.45, 7) is 0. The molecule has 1 unspecified atom stereocenters. The number of H-pyrrole nitrogens is 1. The fraction of sp³-hybridized carbons (Fsp3) is 0.0588. The normalized spacial score (nSPS) is 12.8. The first-order chi connectivity index (χ1) is 10.7. The van der Waals surface area contributed by atoms with Crippen LogP contribution in [0.1, 0.15) is 17.5 Å².